The molecule has 1 saturated carbocycles. The third kappa shape index (κ3) is 2.85. The Labute approximate surface area is 119 Å². The normalized spacial score (nSPS) is 14.7. The van der Waals surface area contributed by atoms with Gasteiger partial charge in [-0.25, -0.2) is 0 Å². The van der Waals surface area contributed by atoms with Crippen molar-refractivity contribution < 1.29 is 4.79 Å². The van der Waals surface area contributed by atoms with Crippen LogP contribution in [0.5, 0.6) is 0 Å². The minimum absolute atomic E-state index is 0.0837. The summed E-state index contributed by atoms with van der Waals surface area (Å²) < 4.78 is 2.19. The molecule has 2 aromatic rings. The fourth-order valence-electron chi connectivity index (χ4n) is 2.54. The maximum absolute atomic E-state index is 11.4. The average molecular weight is 271 g/mol. The SMILES string of the molecule is CNC(=O)CCn1cc(CNC2CC2)c2ccccc21. The Morgan fingerprint density at radius 1 is 1.35 bits per heavy atom. The number of aryl methyl sites for hydroxylation is 1. The van der Waals surface area contributed by atoms with Crippen LogP contribution >= 0.6 is 0 Å². The zero-order valence-electron chi connectivity index (χ0n) is 11.9. The molecule has 0 aliphatic heterocycles. The van der Waals surface area contributed by atoms with E-state index in [4.69, 9.17) is 0 Å². The van der Waals surface area contributed by atoms with E-state index in [1.165, 1.54) is 29.3 Å². The van der Waals surface area contributed by atoms with Gasteiger partial charge in [-0.05, 0) is 24.5 Å². The number of hydrogen-bond acceptors (Lipinski definition) is 2. The molecule has 2 N–H and O–H groups in total. The number of rotatable bonds is 6. The van der Waals surface area contributed by atoms with Crippen LogP contribution in [-0.2, 0) is 17.9 Å². The van der Waals surface area contributed by atoms with Crippen LogP contribution in [0.1, 0.15) is 24.8 Å². The second-order valence-electron chi connectivity index (χ2n) is 5.44. The molecule has 0 radical (unpaired) electrons. The van der Waals surface area contributed by atoms with Gasteiger partial charge in [0.05, 0.1) is 0 Å². The zero-order chi connectivity index (χ0) is 13.9. The molecule has 0 spiro atoms. The van der Waals surface area contributed by atoms with Crippen molar-refractivity contribution in [3.05, 3.63) is 36.0 Å². The predicted molar refractivity (Wildman–Crippen MR) is 80.5 cm³/mol. The number of para-hydroxylation sites is 1. The van der Waals surface area contributed by atoms with Gasteiger partial charge in [0.1, 0.15) is 0 Å². The van der Waals surface area contributed by atoms with Crippen molar-refractivity contribution in [2.24, 2.45) is 0 Å². The zero-order valence-corrected chi connectivity index (χ0v) is 11.9. The molecule has 0 atom stereocenters. The van der Waals surface area contributed by atoms with E-state index < -0.39 is 0 Å². The lowest BCUT2D eigenvalue weighted by Gasteiger charge is -2.04. The molecular weight excluding hydrogens is 250 g/mol. The predicted octanol–water partition coefficient (Wildman–Crippen LogP) is 2.03. The number of hydrogen-bond donors (Lipinski definition) is 2. The first-order valence-corrected chi connectivity index (χ1v) is 7.28. The van der Waals surface area contributed by atoms with Crippen LogP contribution in [-0.4, -0.2) is 23.6 Å². The second kappa shape index (κ2) is 5.67. The summed E-state index contributed by atoms with van der Waals surface area (Å²) >= 11 is 0. The van der Waals surface area contributed by atoms with Gasteiger partial charge >= 0.3 is 0 Å². The standard InChI is InChI=1S/C16H21N3O/c1-17-16(20)8-9-19-11-12(10-18-13-6-7-13)14-4-2-3-5-15(14)19/h2-5,11,13,18H,6-10H2,1H3,(H,17,20). The second-order valence-corrected chi connectivity index (χ2v) is 5.44. The number of benzene rings is 1. The molecule has 1 aliphatic rings. The Kier molecular flexibility index (Phi) is 3.74. The van der Waals surface area contributed by atoms with Crippen molar-refractivity contribution in [2.75, 3.05) is 7.05 Å². The van der Waals surface area contributed by atoms with Gasteiger partial charge in [-0.3, -0.25) is 4.79 Å². The minimum Gasteiger partial charge on any atom is -0.359 e. The fraction of sp³-hybridized carbons (Fsp3) is 0.438. The molecule has 1 fully saturated rings. The molecule has 1 aromatic carbocycles. The number of carbonyl (C=O) groups excluding carboxylic acids is 1. The number of aromatic nitrogens is 1. The molecule has 1 aliphatic carbocycles. The van der Waals surface area contributed by atoms with E-state index in [0.29, 0.717) is 12.5 Å². The summed E-state index contributed by atoms with van der Waals surface area (Å²) in [6.45, 7) is 1.64. The highest BCUT2D eigenvalue weighted by Gasteiger charge is 2.20. The van der Waals surface area contributed by atoms with Crippen molar-refractivity contribution in [3.63, 3.8) is 0 Å². The van der Waals surface area contributed by atoms with Gasteiger partial charge < -0.3 is 15.2 Å². The Hall–Kier alpha value is -1.81. The summed E-state index contributed by atoms with van der Waals surface area (Å²) in [7, 11) is 1.68. The van der Waals surface area contributed by atoms with E-state index in [0.717, 1.165) is 13.1 Å². The summed E-state index contributed by atoms with van der Waals surface area (Å²) in [6, 6.07) is 9.13. The van der Waals surface area contributed by atoms with E-state index in [-0.39, 0.29) is 5.91 Å². The Morgan fingerprint density at radius 3 is 2.90 bits per heavy atom. The fourth-order valence-corrected chi connectivity index (χ4v) is 2.54. The lowest BCUT2D eigenvalue weighted by molar-refractivity contribution is -0.120. The largest absolute Gasteiger partial charge is 0.359 e. The average Bonchev–Trinajstić information content (AvgIpc) is 3.25. The molecule has 1 aromatic heterocycles. The molecule has 1 heterocycles. The number of carbonyl (C=O) groups is 1. The van der Waals surface area contributed by atoms with Gasteiger partial charge in [0.2, 0.25) is 5.91 Å². The van der Waals surface area contributed by atoms with E-state index in [9.17, 15) is 4.79 Å². The van der Waals surface area contributed by atoms with Crippen molar-refractivity contribution in [2.45, 2.75) is 38.4 Å². The molecule has 3 rings (SSSR count). The maximum Gasteiger partial charge on any atom is 0.221 e. The van der Waals surface area contributed by atoms with Gasteiger partial charge in [-0.15, -0.1) is 0 Å². The van der Waals surface area contributed by atoms with Crippen molar-refractivity contribution in [3.8, 4) is 0 Å². The Balaban J connectivity index is 1.81. The summed E-state index contributed by atoms with van der Waals surface area (Å²) in [5.41, 5.74) is 2.54. The quantitative estimate of drug-likeness (QED) is 0.844. The summed E-state index contributed by atoms with van der Waals surface area (Å²) in [5, 5.41) is 7.53. The van der Waals surface area contributed by atoms with Crippen molar-refractivity contribution in [1.82, 2.24) is 15.2 Å². The maximum atomic E-state index is 11.4. The molecule has 0 bridgehead atoms. The van der Waals surface area contributed by atoms with Crippen LogP contribution in [0.4, 0.5) is 0 Å². The molecule has 1 amide bonds. The number of nitrogens with zero attached hydrogens (tertiary/aromatic N) is 1. The molecule has 0 saturated heterocycles. The lowest BCUT2D eigenvalue weighted by Crippen LogP contribution is -2.19. The molecule has 0 unspecified atom stereocenters. The lowest BCUT2D eigenvalue weighted by atomic mass is 10.2. The summed E-state index contributed by atoms with van der Waals surface area (Å²) in [5.74, 6) is 0.0837. The first kappa shape index (κ1) is 13.2. The molecule has 4 heteroatoms. The summed E-state index contributed by atoms with van der Waals surface area (Å²) in [4.78, 5) is 11.4. The van der Waals surface area contributed by atoms with E-state index >= 15 is 0 Å². The monoisotopic (exact) mass is 271 g/mol. The smallest absolute Gasteiger partial charge is 0.221 e. The molecule has 106 valence electrons. The highest BCUT2D eigenvalue weighted by Crippen LogP contribution is 2.24. The van der Waals surface area contributed by atoms with Crippen molar-refractivity contribution >= 4 is 16.8 Å². The van der Waals surface area contributed by atoms with Crippen LogP contribution < -0.4 is 10.6 Å². The molecular formula is C16H21N3O. The van der Waals surface area contributed by atoms with Crippen LogP contribution in [0.25, 0.3) is 10.9 Å². The minimum atomic E-state index is 0.0837. The van der Waals surface area contributed by atoms with E-state index in [1.807, 2.05) is 0 Å². The Bertz CT molecular complexity index is 613. The molecule has 20 heavy (non-hydrogen) atoms. The first-order valence-electron chi connectivity index (χ1n) is 7.28. The van der Waals surface area contributed by atoms with Gasteiger partial charge in [-0.1, -0.05) is 18.2 Å². The van der Waals surface area contributed by atoms with E-state index in [1.54, 1.807) is 7.05 Å². The Morgan fingerprint density at radius 2 is 2.15 bits per heavy atom. The third-order valence-electron chi connectivity index (χ3n) is 3.89. The van der Waals surface area contributed by atoms with Crippen LogP contribution in [0, 0.1) is 0 Å². The highest BCUT2D eigenvalue weighted by atomic mass is 16.1. The molecule has 4 nitrogen and oxygen atoms in total. The topological polar surface area (TPSA) is 46.1 Å². The summed E-state index contributed by atoms with van der Waals surface area (Å²) in [6.07, 6.45) is 5.30. The first-order chi connectivity index (χ1) is 9.78. The van der Waals surface area contributed by atoms with Gasteiger partial charge in [0.15, 0.2) is 0 Å². The van der Waals surface area contributed by atoms with Crippen LogP contribution in [0.2, 0.25) is 0 Å². The van der Waals surface area contributed by atoms with Gasteiger partial charge in [0, 0.05) is 49.7 Å². The van der Waals surface area contributed by atoms with Crippen molar-refractivity contribution in [1.29, 1.82) is 0 Å². The van der Waals surface area contributed by atoms with Gasteiger partial charge in [-0.2, -0.15) is 0 Å². The van der Waals surface area contributed by atoms with Crippen LogP contribution in [0.3, 0.4) is 0 Å². The number of amides is 1. The number of fused-ring (bicyclic) bond motifs is 1. The van der Waals surface area contributed by atoms with E-state index in [2.05, 4.69) is 45.7 Å². The number of nitrogens with one attached hydrogen (secondary N) is 2. The van der Waals surface area contributed by atoms with Crippen LogP contribution in [0.15, 0.2) is 30.5 Å². The third-order valence-corrected chi connectivity index (χ3v) is 3.89. The highest BCUT2D eigenvalue weighted by molar-refractivity contribution is 5.84. The van der Waals surface area contributed by atoms with Gasteiger partial charge in [0.25, 0.3) is 0 Å².